The average molecular weight is 371 g/mol. The minimum Gasteiger partial charge on any atom is -0.462 e. The number of rotatable bonds is 4. The number of nitrogens with zero attached hydrogens (tertiary/aromatic N) is 5. The molecule has 1 aliphatic rings. The van der Waals surface area contributed by atoms with Crippen LogP contribution in [0.4, 0.5) is 4.79 Å². The summed E-state index contributed by atoms with van der Waals surface area (Å²) < 4.78 is 26.8. The number of hydrogen-bond donors (Lipinski definition) is 1. The second-order valence-electron chi connectivity index (χ2n) is 6.19. The maximum absolute atomic E-state index is 12.8. The number of amides is 2. The summed E-state index contributed by atoms with van der Waals surface area (Å²) in [6, 6.07) is -0.833. The van der Waals surface area contributed by atoms with Crippen molar-refractivity contribution in [3.63, 3.8) is 0 Å². The van der Waals surface area contributed by atoms with E-state index in [4.69, 9.17) is 4.74 Å². The summed E-state index contributed by atoms with van der Waals surface area (Å²) in [5.74, 6) is -0.627. The molecule has 0 aromatic carbocycles. The number of carbonyl (C=O) groups is 2. The predicted molar refractivity (Wildman–Crippen MR) is 90.9 cm³/mol. The second kappa shape index (κ2) is 6.92. The Morgan fingerprint density at radius 1 is 1.44 bits per heavy atom. The molecular formula is C14H21N5O5S. The molecule has 11 heteroatoms. The molecule has 0 saturated carbocycles. The first-order valence-electron chi connectivity index (χ1n) is 7.61. The van der Waals surface area contributed by atoms with Crippen molar-refractivity contribution >= 4 is 29.0 Å². The normalized spacial score (nSPS) is 17.2. The van der Waals surface area contributed by atoms with Gasteiger partial charge in [0.1, 0.15) is 5.56 Å². The predicted octanol–water partition coefficient (Wildman–Crippen LogP) is 1.42. The van der Waals surface area contributed by atoms with E-state index < -0.39 is 28.8 Å². The third-order valence-electron chi connectivity index (χ3n) is 3.59. The largest absolute Gasteiger partial charge is 0.462 e. The van der Waals surface area contributed by atoms with Crippen molar-refractivity contribution in [3.8, 4) is 0 Å². The van der Waals surface area contributed by atoms with Crippen LogP contribution in [0.25, 0.3) is 0 Å². The van der Waals surface area contributed by atoms with Gasteiger partial charge in [-0.15, -0.1) is 4.41 Å². The second-order valence-corrected chi connectivity index (χ2v) is 7.00. The van der Waals surface area contributed by atoms with Crippen molar-refractivity contribution in [3.05, 3.63) is 17.5 Å². The number of hydrogen-bond acceptors (Lipinski definition) is 6. The minimum absolute atomic E-state index is 0.102. The highest BCUT2D eigenvalue weighted by molar-refractivity contribution is 7.81. The molecule has 10 nitrogen and oxygen atoms in total. The van der Waals surface area contributed by atoms with Crippen LogP contribution in [0.2, 0.25) is 0 Å². The van der Waals surface area contributed by atoms with E-state index in [1.807, 2.05) is 0 Å². The van der Waals surface area contributed by atoms with Crippen LogP contribution >= 0.6 is 0 Å². The SMILES string of the molecule is CCOC(=O)c1cn(N(C(=O)N2N=C(C)CC2(C)C)S(=O)O)nc1C. The Labute approximate surface area is 147 Å². The Bertz CT molecular complexity index is 757. The zero-order chi connectivity index (χ0) is 18.9. The molecule has 0 aliphatic carbocycles. The molecule has 1 atom stereocenters. The first-order chi connectivity index (χ1) is 11.6. The maximum Gasteiger partial charge on any atom is 0.375 e. The van der Waals surface area contributed by atoms with Gasteiger partial charge in [0.25, 0.3) is 11.3 Å². The highest BCUT2D eigenvalue weighted by Crippen LogP contribution is 2.28. The van der Waals surface area contributed by atoms with Crippen LogP contribution in [0.15, 0.2) is 11.3 Å². The van der Waals surface area contributed by atoms with Gasteiger partial charge in [-0.2, -0.15) is 15.0 Å². The Hall–Kier alpha value is -2.27. The van der Waals surface area contributed by atoms with Gasteiger partial charge >= 0.3 is 12.0 Å². The van der Waals surface area contributed by atoms with E-state index in [0.717, 1.165) is 15.5 Å². The van der Waals surface area contributed by atoms with Gasteiger partial charge in [-0.05, 0) is 34.6 Å². The molecule has 0 bridgehead atoms. The van der Waals surface area contributed by atoms with Crippen molar-refractivity contribution in [2.24, 2.45) is 5.10 Å². The Morgan fingerprint density at radius 3 is 2.56 bits per heavy atom. The molecule has 25 heavy (non-hydrogen) atoms. The maximum atomic E-state index is 12.8. The van der Waals surface area contributed by atoms with Gasteiger partial charge < -0.3 is 4.74 Å². The number of aromatic nitrogens is 2. The van der Waals surface area contributed by atoms with Crippen LogP contribution in [0.1, 0.15) is 50.2 Å². The molecular weight excluding hydrogens is 350 g/mol. The smallest absolute Gasteiger partial charge is 0.375 e. The Morgan fingerprint density at radius 2 is 2.08 bits per heavy atom. The summed E-state index contributed by atoms with van der Waals surface area (Å²) in [5, 5.41) is 9.27. The molecule has 0 fully saturated rings. The topological polar surface area (TPSA) is 117 Å². The third kappa shape index (κ3) is 3.71. The van der Waals surface area contributed by atoms with Crippen molar-refractivity contribution in [1.29, 1.82) is 0 Å². The van der Waals surface area contributed by atoms with Crippen LogP contribution in [-0.4, -0.2) is 53.5 Å². The zero-order valence-electron chi connectivity index (χ0n) is 14.7. The fourth-order valence-corrected chi connectivity index (χ4v) is 3.04. The van der Waals surface area contributed by atoms with Gasteiger partial charge in [0.05, 0.1) is 24.0 Å². The van der Waals surface area contributed by atoms with Crippen LogP contribution in [0.5, 0.6) is 0 Å². The van der Waals surface area contributed by atoms with Gasteiger partial charge in [-0.25, -0.2) is 18.8 Å². The molecule has 1 aliphatic heterocycles. The van der Waals surface area contributed by atoms with E-state index in [2.05, 4.69) is 10.2 Å². The van der Waals surface area contributed by atoms with Crippen molar-refractivity contribution in [1.82, 2.24) is 14.9 Å². The quantitative estimate of drug-likeness (QED) is 0.632. The lowest BCUT2D eigenvalue weighted by molar-refractivity contribution is 0.0525. The standard InChI is InChI=1S/C14H21N5O5S/c1-6-24-12(20)11-8-17(16-10(11)3)19(25(22)23)13(21)18-14(4,5)7-9(2)15-18/h8H,6-7H2,1-5H3,(H,22,23). The fraction of sp³-hybridized carbons (Fsp3) is 0.571. The first-order valence-corrected chi connectivity index (χ1v) is 8.68. The molecule has 1 unspecified atom stereocenters. The Balaban J connectivity index is 2.40. The third-order valence-corrected chi connectivity index (χ3v) is 4.21. The molecule has 138 valence electrons. The zero-order valence-corrected chi connectivity index (χ0v) is 15.5. The van der Waals surface area contributed by atoms with Crippen molar-refractivity contribution < 1.29 is 23.1 Å². The van der Waals surface area contributed by atoms with Gasteiger partial charge in [0.2, 0.25) is 0 Å². The number of carbonyl (C=O) groups excluding carboxylic acids is 2. The lowest BCUT2D eigenvalue weighted by Gasteiger charge is -2.31. The molecule has 0 radical (unpaired) electrons. The van der Waals surface area contributed by atoms with Gasteiger partial charge in [0.15, 0.2) is 0 Å². The summed E-state index contributed by atoms with van der Waals surface area (Å²) in [6.07, 6.45) is 1.72. The lowest BCUT2D eigenvalue weighted by Crippen LogP contribution is -2.53. The van der Waals surface area contributed by atoms with Crippen LogP contribution in [0.3, 0.4) is 0 Å². The number of hydrazone groups is 1. The minimum atomic E-state index is -2.72. The Kier molecular flexibility index (Phi) is 5.28. The number of esters is 1. The molecule has 2 heterocycles. The van der Waals surface area contributed by atoms with Gasteiger partial charge in [-0.1, -0.05) is 0 Å². The van der Waals surface area contributed by atoms with E-state index in [9.17, 15) is 18.4 Å². The van der Waals surface area contributed by atoms with E-state index in [0.29, 0.717) is 10.8 Å². The van der Waals surface area contributed by atoms with Crippen LogP contribution < -0.4 is 4.41 Å². The lowest BCUT2D eigenvalue weighted by atomic mass is 9.99. The first kappa shape index (κ1) is 19.1. The van der Waals surface area contributed by atoms with E-state index in [-0.39, 0.29) is 17.9 Å². The summed E-state index contributed by atoms with van der Waals surface area (Å²) in [7, 11) is 0. The highest BCUT2D eigenvalue weighted by Gasteiger charge is 2.41. The van der Waals surface area contributed by atoms with Crippen molar-refractivity contribution in [2.75, 3.05) is 11.0 Å². The summed E-state index contributed by atoms with van der Waals surface area (Å²) in [6.45, 7) is 8.73. The molecule has 0 spiro atoms. The number of ether oxygens (including phenoxy) is 1. The molecule has 1 aromatic rings. The molecule has 2 amide bonds. The molecule has 1 aromatic heterocycles. The van der Waals surface area contributed by atoms with E-state index >= 15 is 0 Å². The molecule has 0 saturated heterocycles. The van der Waals surface area contributed by atoms with Gasteiger partial charge in [0, 0.05) is 12.1 Å². The van der Waals surface area contributed by atoms with Crippen LogP contribution in [-0.2, 0) is 16.0 Å². The fourth-order valence-electron chi connectivity index (χ4n) is 2.60. The monoisotopic (exact) mass is 371 g/mol. The van der Waals surface area contributed by atoms with E-state index in [1.165, 1.54) is 13.1 Å². The van der Waals surface area contributed by atoms with Gasteiger partial charge in [-0.3, -0.25) is 4.55 Å². The molecule has 1 N–H and O–H groups in total. The summed E-state index contributed by atoms with van der Waals surface area (Å²) in [4.78, 5) is 25.5. The molecule has 2 rings (SSSR count). The van der Waals surface area contributed by atoms with E-state index in [1.54, 1.807) is 27.7 Å². The number of aryl methyl sites for hydroxylation is 1. The van der Waals surface area contributed by atoms with Crippen LogP contribution in [0, 0.1) is 6.92 Å². The summed E-state index contributed by atoms with van der Waals surface area (Å²) in [5.41, 5.74) is 0.448. The summed E-state index contributed by atoms with van der Waals surface area (Å²) >= 11 is -2.72. The average Bonchev–Trinajstić information content (AvgIpc) is 2.98. The number of urea groups is 1. The highest BCUT2D eigenvalue weighted by atomic mass is 32.2. The van der Waals surface area contributed by atoms with Crippen molar-refractivity contribution in [2.45, 2.75) is 46.6 Å².